The number of methoxy groups -OCH3 is 2. The molecule has 2 nitrogen and oxygen atoms in total. The summed E-state index contributed by atoms with van der Waals surface area (Å²) >= 11 is 6.04. The Morgan fingerprint density at radius 3 is 2.35 bits per heavy atom. The summed E-state index contributed by atoms with van der Waals surface area (Å²) in [6.07, 6.45) is 4.04. The van der Waals surface area contributed by atoms with E-state index in [1.165, 1.54) is 5.57 Å². The topological polar surface area (TPSA) is 18.5 Å². The Morgan fingerprint density at radius 1 is 0.913 bits per heavy atom. The minimum absolute atomic E-state index is 0.729. The number of hydrogen-bond acceptors (Lipinski definition) is 2. The van der Waals surface area contributed by atoms with Gasteiger partial charge >= 0.3 is 0 Å². The van der Waals surface area contributed by atoms with E-state index in [2.05, 4.69) is 12.1 Å². The van der Waals surface area contributed by atoms with E-state index in [1.54, 1.807) is 14.2 Å². The van der Waals surface area contributed by atoms with E-state index in [0.29, 0.717) is 0 Å². The quantitative estimate of drug-likeness (QED) is 0.729. The van der Waals surface area contributed by atoms with Gasteiger partial charge in [-0.2, -0.15) is 0 Å². The number of hydrogen-bond donors (Lipinski definition) is 0. The van der Waals surface area contributed by atoms with Crippen LogP contribution < -0.4 is 4.74 Å². The fraction of sp³-hybridized carbons (Fsp3) is 0.200. The first-order valence-electron chi connectivity index (χ1n) is 7.61. The third-order valence-electron chi connectivity index (χ3n) is 4.06. The molecule has 0 amide bonds. The first-order chi connectivity index (χ1) is 11.2. The second-order valence-corrected chi connectivity index (χ2v) is 5.81. The Kier molecular flexibility index (Phi) is 4.73. The number of benzene rings is 2. The summed E-state index contributed by atoms with van der Waals surface area (Å²) in [6, 6.07) is 16.0. The molecule has 0 aromatic heterocycles. The van der Waals surface area contributed by atoms with Crippen LogP contribution in [-0.2, 0) is 4.74 Å². The second-order valence-electron chi connectivity index (χ2n) is 5.37. The van der Waals surface area contributed by atoms with E-state index < -0.39 is 0 Å². The van der Waals surface area contributed by atoms with Crippen molar-refractivity contribution in [3.63, 3.8) is 0 Å². The Balaban J connectivity index is 2.22. The van der Waals surface area contributed by atoms with E-state index in [0.717, 1.165) is 46.1 Å². The molecule has 0 saturated carbocycles. The largest absolute Gasteiger partial charge is 0.496 e. The number of para-hydroxylation sites is 1. The van der Waals surface area contributed by atoms with Gasteiger partial charge in [-0.25, -0.2) is 0 Å². The predicted molar refractivity (Wildman–Crippen MR) is 95.6 cm³/mol. The summed E-state index contributed by atoms with van der Waals surface area (Å²) in [5.41, 5.74) is 4.56. The molecular formula is C20H19ClO2. The van der Waals surface area contributed by atoms with Crippen molar-refractivity contribution in [2.45, 2.75) is 12.8 Å². The number of allylic oxidation sites excluding steroid dienone is 3. The lowest BCUT2D eigenvalue weighted by molar-refractivity contribution is 0.308. The van der Waals surface area contributed by atoms with Crippen molar-refractivity contribution in [2.75, 3.05) is 14.2 Å². The molecule has 0 atom stereocenters. The van der Waals surface area contributed by atoms with Gasteiger partial charge in [0.15, 0.2) is 0 Å². The zero-order valence-corrected chi connectivity index (χ0v) is 14.1. The van der Waals surface area contributed by atoms with Crippen molar-refractivity contribution < 1.29 is 9.47 Å². The van der Waals surface area contributed by atoms with Crippen molar-refractivity contribution in [1.82, 2.24) is 0 Å². The molecule has 0 fully saturated rings. The smallest absolute Gasteiger partial charge is 0.126 e. The van der Waals surface area contributed by atoms with Crippen LogP contribution in [-0.4, -0.2) is 14.2 Å². The van der Waals surface area contributed by atoms with Gasteiger partial charge in [0.25, 0.3) is 0 Å². The molecular weight excluding hydrogens is 308 g/mol. The first-order valence-corrected chi connectivity index (χ1v) is 7.99. The number of rotatable bonds is 4. The summed E-state index contributed by atoms with van der Waals surface area (Å²) in [4.78, 5) is 0. The lowest BCUT2D eigenvalue weighted by atomic mass is 9.86. The first kappa shape index (κ1) is 15.7. The predicted octanol–water partition coefficient (Wildman–Crippen LogP) is 5.58. The van der Waals surface area contributed by atoms with Crippen LogP contribution in [0, 0.1) is 0 Å². The van der Waals surface area contributed by atoms with Gasteiger partial charge in [-0.15, -0.1) is 0 Å². The maximum Gasteiger partial charge on any atom is 0.126 e. The van der Waals surface area contributed by atoms with Crippen LogP contribution in [0.1, 0.15) is 24.0 Å². The minimum Gasteiger partial charge on any atom is -0.496 e. The van der Waals surface area contributed by atoms with Gasteiger partial charge in [-0.05, 0) is 48.3 Å². The zero-order chi connectivity index (χ0) is 16.2. The SMILES string of the molecule is COC1=CCCC(c2ccccc2OC)=C1c1ccc(Cl)cc1. The highest BCUT2D eigenvalue weighted by Gasteiger charge is 2.21. The monoisotopic (exact) mass is 326 g/mol. The molecule has 0 unspecified atom stereocenters. The lowest BCUT2D eigenvalue weighted by Gasteiger charge is -2.23. The lowest BCUT2D eigenvalue weighted by Crippen LogP contribution is -2.04. The van der Waals surface area contributed by atoms with E-state index in [1.807, 2.05) is 42.5 Å². The molecule has 0 radical (unpaired) electrons. The van der Waals surface area contributed by atoms with Crippen molar-refractivity contribution >= 4 is 22.7 Å². The molecule has 0 N–H and O–H groups in total. The summed E-state index contributed by atoms with van der Waals surface area (Å²) < 4.78 is 11.2. The molecule has 23 heavy (non-hydrogen) atoms. The molecule has 0 saturated heterocycles. The molecule has 2 aromatic rings. The maximum absolute atomic E-state index is 6.04. The van der Waals surface area contributed by atoms with E-state index in [4.69, 9.17) is 21.1 Å². The van der Waals surface area contributed by atoms with E-state index in [-0.39, 0.29) is 0 Å². The van der Waals surface area contributed by atoms with Gasteiger partial charge < -0.3 is 9.47 Å². The second kappa shape index (κ2) is 6.93. The standard InChI is InChI=1S/C20H19ClO2/c1-22-18-8-4-3-6-16(18)17-7-5-9-19(23-2)20(17)14-10-12-15(21)13-11-14/h3-4,6,8-13H,5,7H2,1-2H3. The highest BCUT2D eigenvalue weighted by molar-refractivity contribution is 6.30. The Labute approximate surface area is 142 Å². The molecule has 0 aliphatic heterocycles. The van der Waals surface area contributed by atoms with Gasteiger partial charge in [-0.1, -0.05) is 41.9 Å². The Hall–Kier alpha value is -2.19. The summed E-state index contributed by atoms with van der Waals surface area (Å²) in [7, 11) is 3.42. The van der Waals surface area contributed by atoms with Crippen LogP contribution >= 0.6 is 11.6 Å². The van der Waals surface area contributed by atoms with Gasteiger partial charge in [-0.3, -0.25) is 0 Å². The van der Waals surface area contributed by atoms with Crippen LogP contribution in [0.25, 0.3) is 11.1 Å². The van der Waals surface area contributed by atoms with E-state index >= 15 is 0 Å². The third kappa shape index (κ3) is 3.13. The average Bonchev–Trinajstić information content (AvgIpc) is 2.61. The fourth-order valence-corrected chi connectivity index (χ4v) is 3.13. The van der Waals surface area contributed by atoms with E-state index in [9.17, 15) is 0 Å². The molecule has 2 aromatic carbocycles. The summed E-state index contributed by atoms with van der Waals surface area (Å²) in [5, 5.41) is 0.729. The fourth-order valence-electron chi connectivity index (χ4n) is 3.01. The Bertz CT molecular complexity index is 757. The van der Waals surface area contributed by atoms with Crippen LogP contribution in [0.2, 0.25) is 5.02 Å². The molecule has 1 aliphatic carbocycles. The molecule has 1 aliphatic rings. The minimum atomic E-state index is 0.729. The number of ether oxygens (including phenoxy) is 2. The molecule has 3 rings (SSSR count). The van der Waals surface area contributed by atoms with Crippen LogP contribution in [0.5, 0.6) is 5.75 Å². The molecule has 118 valence electrons. The summed E-state index contributed by atoms with van der Waals surface area (Å²) in [6.45, 7) is 0. The zero-order valence-electron chi connectivity index (χ0n) is 13.3. The van der Waals surface area contributed by atoms with Gasteiger partial charge in [0.2, 0.25) is 0 Å². The van der Waals surface area contributed by atoms with Gasteiger partial charge in [0, 0.05) is 16.2 Å². The van der Waals surface area contributed by atoms with Crippen molar-refractivity contribution in [3.05, 3.63) is 76.5 Å². The molecule has 3 heteroatoms. The molecule has 0 bridgehead atoms. The molecule has 0 heterocycles. The average molecular weight is 327 g/mol. The van der Waals surface area contributed by atoms with Crippen molar-refractivity contribution in [3.8, 4) is 5.75 Å². The van der Waals surface area contributed by atoms with Crippen molar-refractivity contribution in [2.24, 2.45) is 0 Å². The third-order valence-corrected chi connectivity index (χ3v) is 4.31. The van der Waals surface area contributed by atoms with Crippen molar-refractivity contribution in [1.29, 1.82) is 0 Å². The van der Waals surface area contributed by atoms with Gasteiger partial charge in [0.1, 0.15) is 11.5 Å². The van der Waals surface area contributed by atoms with Crippen LogP contribution in [0.15, 0.2) is 60.4 Å². The normalized spacial score (nSPS) is 14.5. The highest BCUT2D eigenvalue weighted by atomic mass is 35.5. The maximum atomic E-state index is 6.04. The highest BCUT2D eigenvalue weighted by Crippen LogP contribution is 2.41. The van der Waals surface area contributed by atoms with Crippen LogP contribution in [0.4, 0.5) is 0 Å². The Morgan fingerprint density at radius 2 is 1.65 bits per heavy atom. The summed E-state index contributed by atoms with van der Waals surface area (Å²) in [5.74, 6) is 1.78. The van der Waals surface area contributed by atoms with Crippen LogP contribution in [0.3, 0.4) is 0 Å². The number of halogens is 1. The van der Waals surface area contributed by atoms with Gasteiger partial charge in [0.05, 0.1) is 14.2 Å². The molecule has 0 spiro atoms.